The average molecular weight is 498 g/mol. The average Bonchev–Trinajstić information content (AvgIpc) is 3.38. The van der Waals surface area contributed by atoms with Gasteiger partial charge in [0.25, 0.3) is 5.56 Å². The van der Waals surface area contributed by atoms with E-state index in [9.17, 15) is 19.2 Å². The molecule has 11 heteroatoms. The number of amides is 1. The van der Waals surface area contributed by atoms with Gasteiger partial charge in [0.2, 0.25) is 5.91 Å². The van der Waals surface area contributed by atoms with E-state index < -0.39 is 23.1 Å². The van der Waals surface area contributed by atoms with Crippen LogP contribution in [0.4, 0.5) is 16.5 Å². The molecule has 2 aromatic heterocycles. The summed E-state index contributed by atoms with van der Waals surface area (Å²) in [5.41, 5.74) is 7.09. The van der Waals surface area contributed by atoms with Gasteiger partial charge in [-0.2, -0.15) is 0 Å². The summed E-state index contributed by atoms with van der Waals surface area (Å²) < 4.78 is 6.45. The van der Waals surface area contributed by atoms with Gasteiger partial charge in [0.1, 0.15) is 16.5 Å². The van der Waals surface area contributed by atoms with Gasteiger partial charge in [-0.25, -0.2) is 9.59 Å². The summed E-state index contributed by atoms with van der Waals surface area (Å²) in [6.45, 7) is 1.91. The Labute approximate surface area is 205 Å². The highest BCUT2D eigenvalue weighted by Crippen LogP contribution is 2.39. The van der Waals surface area contributed by atoms with Crippen LogP contribution in [0.5, 0.6) is 0 Å². The number of nitrogens with zero attached hydrogens (tertiary/aromatic N) is 2. The maximum Gasteiger partial charge on any atom is 0.341 e. The Hall–Kier alpha value is -3.86. The second kappa shape index (κ2) is 10.2. The normalized spacial score (nSPS) is 12.3. The number of hydrogen-bond donors (Lipinski definition) is 3. The first-order chi connectivity index (χ1) is 16.8. The molecular weight excluding hydrogens is 470 g/mol. The van der Waals surface area contributed by atoms with E-state index in [0.29, 0.717) is 10.6 Å². The van der Waals surface area contributed by atoms with Crippen molar-refractivity contribution in [1.29, 1.82) is 0 Å². The number of hydrogen-bond acceptors (Lipinski definition) is 8. The van der Waals surface area contributed by atoms with Crippen LogP contribution in [-0.2, 0) is 28.9 Å². The molecule has 1 aromatic carbocycles. The minimum absolute atomic E-state index is 0.00923. The summed E-state index contributed by atoms with van der Waals surface area (Å²) in [5, 5.41) is 3.25. The Morgan fingerprint density at radius 1 is 1.23 bits per heavy atom. The predicted octanol–water partition coefficient (Wildman–Crippen LogP) is 1.97. The van der Waals surface area contributed by atoms with Gasteiger partial charge >= 0.3 is 11.7 Å². The SMILES string of the molecule is CCOC(=O)c1c(NC(=O)CN(C)c2c(N)n(Cc3ccccc3)c(=O)[nH]c2=O)sc2c1CCC2. The number of ether oxygens (including phenoxy) is 1. The smallest absolute Gasteiger partial charge is 0.341 e. The molecule has 0 aliphatic heterocycles. The third kappa shape index (κ3) is 4.99. The number of carbonyl (C=O) groups is 2. The van der Waals surface area contributed by atoms with Crippen LogP contribution in [0.15, 0.2) is 39.9 Å². The first-order valence-electron chi connectivity index (χ1n) is 11.3. The fourth-order valence-electron chi connectivity index (χ4n) is 4.24. The Bertz CT molecular complexity index is 1380. The number of fused-ring (bicyclic) bond motifs is 1. The molecule has 0 atom stereocenters. The van der Waals surface area contributed by atoms with E-state index >= 15 is 0 Å². The van der Waals surface area contributed by atoms with Crippen LogP contribution in [-0.4, -0.2) is 41.6 Å². The van der Waals surface area contributed by atoms with Crippen molar-refractivity contribution in [2.75, 3.05) is 36.1 Å². The molecule has 35 heavy (non-hydrogen) atoms. The summed E-state index contributed by atoms with van der Waals surface area (Å²) in [5.74, 6) is -0.929. The maximum absolute atomic E-state index is 12.9. The molecule has 1 aliphatic rings. The van der Waals surface area contributed by atoms with Crippen LogP contribution in [0.2, 0.25) is 0 Å². The number of aromatic amines is 1. The van der Waals surface area contributed by atoms with Crippen molar-refractivity contribution in [3.8, 4) is 0 Å². The summed E-state index contributed by atoms with van der Waals surface area (Å²) in [6.07, 6.45) is 2.59. The first kappa shape index (κ1) is 24.3. The summed E-state index contributed by atoms with van der Waals surface area (Å²) >= 11 is 1.38. The zero-order chi connectivity index (χ0) is 25.1. The minimum Gasteiger partial charge on any atom is -0.462 e. The Morgan fingerprint density at radius 3 is 2.69 bits per heavy atom. The number of thiophene rings is 1. The van der Waals surface area contributed by atoms with Gasteiger partial charge in [0.05, 0.1) is 25.3 Å². The van der Waals surface area contributed by atoms with Crippen molar-refractivity contribution in [3.05, 3.63) is 72.7 Å². The number of aromatic nitrogens is 2. The zero-order valence-corrected chi connectivity index (χ0v) is 20.4. The van der Waals surface area contributed by atoms with E-state index in [1.807, 2.05) is 30.3 Å². The maximum atomic E-state index is 12.9. The van der Waals surface area contributed by atoms with Crippen LogP contribution in [0, 0.1) is 0 Å². The van der Waals surface area contributed by atoms with E-state index in [1.54, 1.807) is 14.0 Å². The van der Waals surface area contributed by atoms with Gasteiger partial charge in [-0.15, -0.1) is 11.3 Å². The van der Waals surface area contributed by atoms with Crippen LogP contribution in [0.25, 0.3) is 0 Å². The van der Waals surface area contributed by atoms with Crippen molar-refractivity contribution in [1.82, 2.24) is 9.55 Å². The number of benzene rings is 1. The Morgan fingerprint density at radius 2 is 1.97 bits per heavy atom. The number of rotatable bonds is 8. The highest BCUT2D eigenvalue weighted by molar-refractivity contribution is 7.17. The molecule has 0 fully saturated rings. The second-order valence-electron chi connectivity index (χ2n) is 8.25. The van der Waals surface area contributed by atoms with Crippen LogP contribution in [0.3, 0.4) is 0 Å². The molecule has 0 unspecified atom stereocenters. The van der Waals surface area contributed by atoms with Crippen molar-refractivity contribution >= 4 is 39.7 Å². The van der Waals surface area contributed by atoms with Crippen LogP contribution in [0.1, 0.15) is 39.7 Å². The molecule has 4 rings (SSSR count). The van der Waals surface area contributed by atoms with Crippen LogP contribution >= 0.6 is 11.3 Å². The lowest BCUT2D eigenvalue weighted by Crippen LogP contribution is -2.39. The number of carbonyl (C=O) groups excluding carboxylic acids is 2. The molecule has 184 valence electrons. The summed E-state index contributed by atoms with van der Waals surface area (Å²) in [6, 6.07) is 9.21. The topological polar surface area (TPSA) is 140 Å². The van der Waals surface area contributed by atoms with Gasteiger partial charge in [0, 0.05) is 11.9 Å². The van der Waals surface area contributed by atoms with E-state index in [4.69, 9.17) is 10.5 Å². The molecule has 0 bridgehead atoms. The van der Waals surface area contributed by atoms with Crippen LogP contribution < -0.4 is 27.2 Å². The molecule has 1 aliphatic carbocycles. The van der Waals surface area contributed by atoms with Crippen molar-refractivity contribution in [2.24, 2.45) is 0 Å². The minimum atomic E-state index is -0.686. The third-order valence-corrected chi connectivity index (χ3v) is 7.02. The molecule has 2 heterocycles. The van der Waals surface area contributed by atoms with Gasteiger partial charge in [0.15, 0.2) is 0 Å². The lowest BCUT2D eigenvalue weighted by atomic mass is 10.1. The van der Waals surface area contributed by atoms with Gasteiger partial charge in [-0.1, -0.05) is 30.3 Å². The van der Waals surface area contributed by atoms with E-state index in [0.717, 1.165) is 35.3 Å². The number of nitrogens with one attached hydrogen (secondary N) is 2. The highest BCUT2D eigenvalue weighted by atomic mass is 32.1. The van der Waals surface area contributed by atoms with Crippen molar-refractivity contribution in [3.63, 3.8) is 0 Å². The number of nitrogens with two attached hydrogens (primary N) is 1. The summed E-state index contributed by atoms with van der Waals surface area (Å²) in [4.78, 5) is 55.2. The number of H-pyrrole nitrogens is 1. The van der Waals surface area contributed by atoms with Crippen molar-refractivity contribution in [2.45, 2.75) is 32.7 Å². The Balaban J connectivity index is 1.56. The fourth-order valence-corrected chi connectivity index (χ4v) is 5.53. The van der Waals surface area contributed by atoms with Crippen molar-refractivity contribution < 1.29 is 14.3 Å². The molecule has 1 amide bonds. The lowest BCUT2D eigenvalue weighted by Gasteiger charge is -2.21. The summed E-state index contributed by atoms with van der Waals surface area (Å²) in [7, 11) is 1.54. The molecule has 0 saturated heterocycles. The lowest BCUT2D eigenvalue weighted by molar-refractivity contribution is -0.114. The van der Waals surface area contributed by atoms with Gasteiger partial charge in [-0.3, -0.25) is 19.1 Å². The number of aryl methyl sites for hydroxylation is 1. The molecule has 10 nitrogen and oxygen atoms in total. The third-order valence-electron chi connectivity index (χ3n) is 5.81. The largest absolute Gasteiger partial charge is 0.462 e. The highest BCUT2D eigenvalue weighted by Gasteiger charge is 2.28. The number of likely N-dealkylation sites (N-methyl/N-ethyl adjacent to an activating group) is 1. The van der Waals surface area contributed by atoms with Gasteiger partial charge in [-0.05, 0) is 37.3 Å². The molecule has 3 aromatic rings. The van der Waals surface area contributed by atoms with E-state index in [1.165, 1.54) is 20.8 Å². The second-order valence-corrected chi connectivity index (χ2v) is 9.36. The Kier molecular flexibility index (Phi) is 7.06. The van der Waals surface area contributed by atoms with E-state index in [-0.39, 0.29) is 31.2 Å². The standard InChI is InChI=1S/C24H27N5O5S/c1-3-34-23(32)18-15-10-7-11-16(15)35-22(18)26-17(30)13-28(2)19-20(25)29(24(33)27-21(19)31)12-14-8-5-4-6-9-14/h4-6,8-9H,3,7,10-13,25H2,1-2H3,(H,26,30)(H,27,31,33). The monoisotopic (exact) mass is 497 g/mol. The molecule has 0 radical (unpaired) electrons. The molecule has 4 N–H and O–H groups in total. The first-order valence-corrected chi connectivity index (χ1v) is 12.1. The quantitative estimate of drug-likeness (QED) is 0.404. The molecular formula is C24H27N5O5S. The number of anilines is 3. The zero-order valence-electron chi connectivity index (χ0n) is 19.6. The van der Waals surface area contributed by atoms with E-state index in [2.05, 4.69) is 10.3 Å². The molecule has 0 spiro atoms. The molecule has 0 saturated carbocycles. The number of nitrogen functional groups attached to an aromatic ring is 1. The predicted molar refractivity (Wildman–Crippen MR) is 135 cm³/mol. The number of esters is 1. The van der Waals surface area contributed by atoms with Gasteiger partial charge < -0.3 is 20.7 Å². The fraction of sp³-hybridized carbons (Fsp3) is 0.333.